The number of methoxy groups -OCH3 is 3. The predicted molar refractivity (Wildman–Crippen MR) is 107 cm³/mol. The second kappa shape index (κ2) is 9.96. The normalized spacial score (nSPS) is 41.4. The summed E-state index contributed by atoms with van der Waals surface area (Å²) in [5, 5.41) is 2.62. The molecule has 0 amide bonds. The van der Waals surface area contributed by atoms with Gasteiger partial charge in [-0.2, -0.15) is 0 Å². The molecule has 0 bridgehead atoms. The summed E-state index contributed by atoms with van der Waals surface area (Å²) in [5.41, 5.74) is 0. The van der Waals surface area contributed by atoms with Crippen LogP contribution in [0.1, 0.15) is 77.0 Å². The highest BCUT2D eigenvalue weighted by Gasteiger charge is 2.49. The van der Waals surface area contributed by atoms with Crippen LogP contribution in [0.2, 0.25) is 0 Å². The molecule has 0 aromatic carbocycles. The monoisotopic (exact) mass is 371 g/mol. The SMILES string of the molecule is COC1CCCC([S+](C2CCCC(OC)C2)C2CCCC(OC)C2)C1. The van der Waals surface area contributed by atoms with Crippen LogP contribution in [-0.2, 0) is 25.1 Å². The van der Waals surface area contributed by atoms with Crippen LogP contribution in [0.3, 0.4) is 0 Å². The quantitative estimate of drug-likeness (QED) is 0.644. The molecule has 0 heterocycles. The van der Waals surface area contributed by atoms with Crippen molar-refractivity contribution in [3.05, 3.63) is 0 Å². The van der Waals surface area contributed by atoms with E-state index in [9.17, 15) is 0 Å². The van der Waals surface area contributed by atoms with Gasteiger partial charge in [-0.3, -0.25) is 0 Å². The minimum absolute atomic E-state index is 0.498. The molecule has 0 aromatic heterocycles. The first-order chi connectivity index (χ1) is 12.2. The molecule has 146 valence electrons. The van der Waals surface area contributed by atoms with Crippen molar-refractivity contribution >= 4 is 10.9 Å². The predicted octanol–water partition coefficient (Wildman–Crippen LogP) is 4.48. The van der Waals surface area contributed by atoms with Crippen LogP contribution in [0.25, 0.3) is 0 Å². The van der Waals surface area contributed by atoms with E-state index in [0.29, 0.717) is 29.2 Å². The van der Waals surface area contributed by atoms with E-state index in [2.05, 4.69) is 0 Å². The van der Waals surface area contributed by atoms with Crippen molar-refractivity contribution in [3.8, 4) is 0 Å². The molecule has 4 heteroatoms. The van der Waals surface area contributed by atoms with Crippen molar-refractivity contribution in [1.82, 2.24) is 0 Å². The van der Waals surface area contributed by atoms with Gasteiger partial charge in [-0.25, -0.2) is 0 Å². The van der Waals surface area contributed by atoms with Gasteiger partial charge in [0.05, 0.1) is 18.3 Å². The minimum Gasteiger partial charge on any atom is -0.381 e. The Balaban J connectivity index is 1.75. The van der Waals surface area contributed by atoms with Gasteiger partial charge < -0.3 is 14.2 Å². The number of rotatable bonds is 6. The highest BCUT2D eigenvalue weighted by atomic mass is 32.2. The van der Waals surface area contributed by atoms with Crippen LogP contribution in [0.5, 0.6) is 0 Å². The molecule has 0 spiro atoms. The highest BCUT2D eigenvalue weighted by Crippen LogP contribution is 2.41. The van der Waals surface area contributed by atoms with Gasteiger partial charge in [-0.1, -0.05) is 0 Å². The van der Waals surface area contributed by atoms with Gasteiger partial charge in [0.15, 0.2) is 0 Å². The van der Waals surface area contributed by atoms with Gasteiger partial charge in [0, 0.05) is 40.6 Å². The minimum atomic E-state index is 0.498. The zero-order valence-electron chi connectivity index (χ0n) is 16.6. The third-order valence-corrected chi connectivity index (χ3v) is 10.5. The van der Waals surface area contributed by atoms with Crippen LogP contribution in [0, 0.1) is 0 Å². The van der Waals surface area contributed by atoms with E-state index in [1.165, 1.54) is 77.0 Å². The Morgan fingerprint density at radius 2 is 0.840 bits per heavy atom. The second-order valence-corrected chi connectivity index (χ2v) is 11.2. The second-order valence-electron chi connectivity index (χ2n) is 8.35. The summed E-state index contributed by atoms with van der Waals surface area (Å²) < 4.78 is 17.4. The first-order valence-corrected chi connectivity index (χ1v) is 12.0. The molecular formula is C21H39O3S+. The Labute approximate surface area is 157 Å². The molecule has 3 nitrogen and oxygen atoms in total. The summed E-state index contributed by atoms with van der Waals surface area (Å²) in [5.74, 6) is 0. The lowest BCUT2D eigenvalue weighted by atomic mass is 9.96. The Morgan fingerprint density at radius 3 is 1.12 bits per heavy atom. The maximum Gasteiger partial charge on any atom is 0.121 e. The molecule has 25 heavy (non-hydrogen) atoms. The summed E-state index contributed by atoms with van der Waals surface area (Å²) >= 11 is 0. The molecule has 3 aliphatic carbocycles. The summed E-state index contributed by atoms with van der Waals surface area (Å²) in [6.45, 7) is 0. The van der Waals surface area contributed by atoms with Crippen molar-refractivity contribution in [1.29, 1.82) is 0 Å². The fourth-order valence-corrected chi connectivity index (χ4v) is 9.77. The third kappa shape index (κ3) is 5.15. The van der Waals surface area contributed by atoms with Crippen LogP contribution in [0.4, 0.5) is 0 Å². The Bertz CT molecular complexity index is 334. The lowest BCUT2D eigenvalue weighted by Crippen LogP contribution is -2.48. The van der Waals surface area contributed by atoms with Gasteiger partial charge in [0.2, 0.25) is 0 Å². The standard InChI is InChI=1S/C21H39O3S/c1-22-16-7-4-10-19(13-16)25(20-11-5-8-17(14-20)23-2)21-12-6-9-18(15-21)24-3/h16-21H,4-15H2,1-3H3/q+1. The lowest BCUT2D eigenvalue weighted by Gasteiger charge is -2.40. The van der Waals surface area contributed by atoms with Crippen LogP contribution in [-0.4, -0.2) is 55.4 Å². The van der Waals surface area contributed by atoms with Crippen molar-refractivity contribution in [2.45, 2.75) is 111 Å². The summed E-state index contributed by atoms with van der Waals surface area (Å²) in [7, 11) is 6.24. The van der Waals surface area contributed by atoms with Crippen molar-refractivity contribution in [2.75, 3.05) is 21.3 Å². The van der Waals surface area contributed by atoms with E-state index in [1.54, 1.807) is 0 Å². The molecule has 0 saturated heterocycles. The molecule has 3 aliphatic rings. The average Bonchev–Trinajstić information content (AvgIpc) is 2.68. The summed E-state index contributed by atoms with van der Waals surface area (Å²) in [6.07, 6.45) is 17.5. The Hall–Kier alpha value is 0.230. The lowest BCUT2D eigenvalue weighted by molar-refractivity contribution is 0.0661. The van der Waals surface area contributed by atoms with E-state index in [-0.39, 0.29) is 0 Å². The zero-order valence-corrected chi connectivity index (χ0v) is 17.4. The molecule has 6 atom stereocenters. The van der Waals surface area contributed by atoms with Crippen LogP contribution in [0.15, 0.2) is 0 Å². The molecule has 3 rings (SSSR count). The smallest absolute Gasteiger partial charge is 0.121 e. The summed E-state index contributed by atoms with van der Waals surface area (Å²) in [4.78, 5) is 0. The Kier molecular flexibility index (Phi) is 7.96. The average molecular weight is 372 g/mol. The van der Waals surface area contributed by atoms with Crippen molar-refractivity contribution < 1.29 is 14.2 Å². The van der Waals surface area contributed by atoms with Crippen LogP contribution < -0.4 is 0 Å². The molecule has 0 N–H and O–H groups in total. The first-order valence-electron chi connectivity index (χ1n) is 10.5. The van der Waals surface area contributed by atoms with Gasteiger partial charge in [-0.05, 0) is 68.7 Å². The van der Waals surface area contributed by atoms with E-state index < -0.39 is 0 Å². The van der Waals surface area contributed by atoms with Crippen LogP contribution >= 0.6 is 0 Å². The van der Waals surface area contributed by atoms with Gasteiger partial charge in [-0.15, -0.1) is 0 Å². The maximum absolute atomic E-state index is 5.79. The Morgan fingerprint density at radius 1 is 0.520 bits per heavy atom. The van der Waals surface area contributed by atoms with Crippen molar-refractivity contribution in [2.24, 2.45) is 0 Å². The van der Waals surface area contributed by atoms with Gasteiger partial charge >= 0.3 is 0 Å². The van der Waals surface area contributed by atoms with E-state index in [4.69, 9.17) is 14.2 Å². The van der Waals surface area contributed by atoms with Gasteiger partial charge in [0.25, 0.3) is 0 Å². The molecule has 0 radical (unpaired) electrons. The topological polar surface area (TPSA) is 27.7 Å². The molecular weight excluding hydrogens is 332 g/mol. The zero-order chi connectivity index (χ0) is 17.6. The fraction of sp³-hybridized carbons (Fsp3) is 1.00. The number of ether oxygens (including phenoxy) is 3. The number of hydrogen-bond donors (Lipinski definition) is 0. The largest absolute Gasteiger partial charge is 0.381 e. The van der Waals surface area contributed by atoms with E-state index in [1.807, 2.05) is 21.3 Å². The maximum atomic E-state index is 5.79. The third-order valence-electron chi connectivity index (χ3n) is 6.89. The summed E-state index contributed by atoms with van der Waals surface area (Å²) in [6, 6.07) is 0. The molecule has 0 aliphatic heterocycles. The first kappa shape index (κ1) is 20.0. The van der Waals surface area contributed by atoms with Crippen molar-refractivity contribution in [3.63, 3.8) is 0 Å². The van der Waals surface area contributed by atoms with Gasteiger partial charge in [0.1, 0.15) is 15.7 Å². The van der Waals surface area contributed by atoms with E-state index >= 15 is 0 Å². The molecule has 3 fully saturated rings. The molecule has 3 saturated carbocycles. The molecule has 6 unspecified atom stereocenters. The number of hydrogen-bond acceptors (Lipinski definition) is 3. The van der Waals surface area contributed by atoms with E-state index in [0.717, 1.165) is 15.7 Å². The molecule has 0 aromatic rings. The highest BCUT2D eigenvalue weighted by molar-refractivity contribution is 7.98. The fourth-order valence-electron chi connectivity index (χ4n) is 5.51.